The molecule has 1 N–H and O–H groups in total. The summed E-state index contributed by atoms with van der Waals surface area (Å²) < 4.78 is 0. The van der Waals surface area contributed by atoms with E-state index < -0.39 is 0 Å². The summed E-state index contributed by atoms with van der Waals surface area (Å²) in [6.07, 6.45) is 15.7. The first-order valence-corrected chi connectivity index (χ1v) is 9.82. The molecule has 0 aromatic rings. The average molecular weight is 295 g/mol. The van der Waals surface area contributed by atoms with Crippen LogP contribution in [0.25, 0.3) is 0 Å². The van der Waals surface area contributed by atoms with E-state index in [9.17, 15) is 0 Å². The van der Waals surface area contributed by atoms with Gasteiger partial charge in [0.05, 0.1) is 0 Å². The van der Waals surface area contributed by atoms with Gasteiger partial charge in [-0.05, 0) is 38.1 Å². The largest absolute Gasteiger partial charge is 0.311 e. The molecule has 1 aliphatic heterocycles. The van der Waals surface area contributed by atoms with E-state index in [-0.39, 0.29) is 0 Å². The number of rotatable bonds is 11. The molecule has 1 aliphatic carbocycles. The second-order valence-corrected chi connectivity index (χ2v) is 7.38. The Kier molecular flexibility index (Phi) is 8.10. The second-order valence-electron chi connectivity index (χ2n) is 7.38. The van der Waals surface area contributed by atoms with Gasteiger partial charge in [-0.3, -0.25) is 4.90 Å². The molecule has 2 atom stereocenters. The molecule has 21 heavy (non-hydrogen) atoms. The van der Waals surface area contributed by atoms with E-state index in [4.69, 9.17) is 0 Å². The Hall–Kier alpha value is -0.0800. The molecule has 2 unspecified atom stereocenters. The van der Waals surface area contributed by atoms with Gasteiger partial charge in [0, 0.05) is 25.2 Å². The normalized spacial score (nSPS) is 27.1. The molecule has 124 valence electrons. The zero-order chi connectivity index (χ0) is 14.9. The number of hydrogen-bond acceptors (Lipinski definition) is 2. The summed E-state index contributed by atoms with van der Waals surface area (Å²) in [7, 11) is 0. The molecule has 2 rings (SSSR count). The quantitative estimate of drug-likeness (QED) is 0.561. The lowest BCUT2D eigenvalue weighted by atomic mass is 10.0. The molecule has 1 saturated carbocycles. The molecule has 0 amide bonds. The van der Waals surface area contributed by atoms with Crippen LogP contribution in [-0.4, -0.2) is 36.6 Å². The van der Waals surface area contributed by atoms with Crippen molar-refractivity contribution < 1.29 is 0 Å². The third-order valence-corrected chi connectivity index (χ3v) is 5.52. The van der Waals surface area contributed by atoms with E-state index in [1.165, 1.54) is 90.3 Å². The Morgan fingerprint density at radius 2 is 1.57 bits per heavy atom. The topological polar surface area (TPSA) is 15.3 Å². The van der Waals surface area contributed by atoms with Gasteiger partial charge in [-0.25, -0.2) is 0 Å². The van der Waals surface area contributed by atoms with Crippen LogP contribution in [0.2, 0.25) is 0 Å². The summed E-state index contributed by atoms with van der Waals surface area (Å²) in [4.78, 5) is 2.80. The van der Waals surface area contributed by atoms with Crippen molar-refractivity contribution in [3.8, 4) is 0 Å². The van der Waals surface area contributed by atoms with Gasteiger partial charge in [-0.2, -0.15) is 0 Å². The molecule has 2 nitrogen and oxygen atoms in total. The highest BCUT2D eigenvalue weighted by Crippen LogP contribution is 2.34. The van der Waals surface area contributed by atoms with Crippen LogP contribution in [0.3, 0.4) is 0 Å². The van der Waals surface area contributed by atoms with Crippen LogP contribution >= 0.6 is 0 Å². The van der Waals surface area contributed by atoms with Crippen molar-refractivity contribution in [2.75, 3.05) is 19.6 Å². The maximum atomic E-state index is 3.80. The first kappa shape index (κ1) is 17.3. The molecular formula is C19H38N2. The van der Waals surface area contributed by atoms with Crippen LogP contribution in [-0.2, 0) is 0 Å². The van der Waals surface area contributed by atoms with Crippen molar-refractivity contribution >= 4 is 0 Å². The standard InChI is InChI=1S/C19H38N2/c1-3-5-6-7-8-9-10-11-14-21-16-19(17-12-13-17)20-15-18(21)4-2/h17-20H,3-16H2,1-2H3. The molecule has 0 spiro atoms. The van der Waals surface area contributed by atoms with Gasteiger partial charge in [0.2, 0.25) is 0 Å². The van der Waals surface area contributed by atoms with E-state index in [0.717, 1.165) is 18.0 Å². The van der Waals surface area contributed by atoms with E-state index in [2.05, 4.69) is 24.1 Å². The monoisotopic (exact) mass is 294 g/mol. The first-order chi connectivity index (χ1) is 10.3. The lowest BCUT2D eigenvalue weighted by Crippen LogP contribution is -2.57. The van der Waals surface area contributed by atoms with Gasteiger partial charge in [0.15, 0.2) is 0 Å². The van der Waals surface area contributed by atoms with Crippen molar-refractivity contribution in [2.45, 2.75) is 96.6 Å². The zero-order valence-electron chi connectivity index (χ0n) is 14.6. The summed E-state index contributed by atoms with van der Waals surface area (Å²) in [6, 6.07) is 1.60. The smallest absolute Gasteiger partial charge is 0.0224 e. The van der Waals surface area contributed by atoms with Crippen molar-refractivity contribution in [1.29, 1.82) is 0 Å². The lowest BCUT2D eigenvalue weighted by molar-refractivity contribution is 0.117. The number of unbranched alkanes of at least 4 members (excludes halogenated alkanes) is 7. The Labute approximate surface area is 133 Å². The Balaban J connectivity index is 1.54. The summed E-state index contributed by atoms with van der Waals surface area (Å²) in [5.74, 6) is 1.00. The maximum Gasteiger partial charge on any atom is 0.0224 e. The molecule has 0 bridgehead atoms. The molecule has 0 radical (unpaired) electrons. The fourth-order valence-corrected chi connectivity index (χ4v) is 3.82. The minimum Gasteiger partial charge on any atom is -0.311 e. The van der Waals surface area contributed by atoms with Crippen molar-refractivity contribution in [3.05, 3.63) is 0 Å². The van der Waals surface area contributed by atoms with Crippen molar-refractivity contribution in [1.82, 2.24) is 10.2 Å². The minimum atomic E-state index is 0.796. The van der Waals surface area contributed by atoms with Crippen LogP contribution in [0.5, 0.6) is 0 Å². The molecule has 1 saturated heterocycles. The number of piperazine rings is 1. The first-order valence-electron chi connectivity index (χ1n) is 9.82. The van der Waals surface area contributed by atoms with Crippen LogP contribution in [0.4, 0.5) is 0 Å². The Morgan fingerprint density at radius 3 is 2.19 bits per heavy atom. The molecule has 1 heterocycles. The Bertz CT molecular complexity index is 262. The van der Waals surface area contributed by atoms with Gasteiger partial charge in [-0.15, -0.1) is 0 Å². The number of nitrogens with one attached hydrogen (secondary N) is 1. The lowest BCUT2D eigenvalue weighted by Gasteiger charge is -2.40. The summed E-state index contributed by atoms with van der Waals surface area (Å²) in [5.41, 5.74) is 0. The van der Waals surface area contributed by atoms with Gasteiger partial charge in [-0.1, -0.05) is 58.8 Å². The van der Waals surface area contributed by atoms with Gasteiger partial charge in [0.1, 0.15) is 0 Å². The predicted octanol–water partition coefficient (Wildman–Crippen LogP) is 4.59. The molecule has 2 aliphatic rings. The zero-order valence-corrected chi connectivity index (χ0v) is 14.6. The Morgan fingerprint density at radius 1 is 0.905 bits per heavy atom. The molecular weight excluding hydrogens is 256 g/mol. The second kappa shape index (κ2) is 9.84. The van der Waals surface area contributed by atoms with Crippen molar-refractivity contribution in [3.63, 3.8) is 0 Å². The highest BCUT2D eigenvalue weighted by molar-refractivity contribution is 4.94. The minimum absolute atomic E-state index is 0.796. The number of nitrogens with zero attached hydrogens (tertiary/aromatic N) is 1. The number of hydrogen-bond donors (Lipinski definition) is 1. The van der Waals surface area contributed by atoms with Gasteiger partial charge in [0.25, 0.3) is 0 Å². The van der Waals surface area contributed by atoms with Crippen LogP contribution in [0.1, 0.15) is 84.5 Å². The average Bonchev–Trinajstić information content (AvgIpc) is 3.34. The van der Waals surface area contributed by atoms with E-state index in [0.29, 0.717) is 0 Å². The fraction of sp³-hybridized carbons (Fsp3) is 1.00. The fourth-order valence-electron chi connectivity index (χ4n) is 3.82. The van der Waals surface area contributed by atoms with Crippen molar-refractivity contribution in [2.24, 2.45) is 5.92 Å². The van der Waals surface area contributed by atoms with E-state index in [1.54, 1.807) is 0 Å². The van der Waals surface area contributed by atoms with Crippen LogP contribution in [0.15, 0.2) is 0 Å². The highest BCUT2D eigenvalue weighted by Gasteiger charge is 2.36. The van der Waals surface area contributed by atoms with Crippen LogP contribution < -0.4 is 5.32 Å². The van der Waals surface area contributed by atoms with Gasteiger partial charge < -0.3 is 5.32 Å². The van der Waals surface area contributed by atoms with E-state index >= 15 is 0 Å². The summed E-state index contributed by atoms with van der Waals surface area (Å²) in [5, 5.41) is 3.80. The molecule has 2 heteroatoms. The summed E-state index contributed by atoms with van der Waals surface area (Å²) >= 11 is 0. The summed E-state index contributed by atoms with van der Waals surface area (Å²) in [6.45, 7) is 8.55. The third kappa shape index (κ3) is 6.28. The maximum absolute atomic E-state index is 3.80. The predicted molar refractivity (Wildman–Crippen MR) is 92.8 cm³/mol. The molecule has 0 aromatic carbocycles. The van der Waals surface area contributed by atoms with Crippen LogP contribution in [0, 0.1) is 5.92 Å². The van der Waals surface area contributed by atoms with Gasteiger partial charge >= 0.3 is 0 Å². The van der Waals surface area contributed by atoms with E-state index in [1.807, 2.05) is 0 Å². The SMILES string of the molecule is CCCCCCCCCCN1CC(C2CC2)NCC1CC. The third-order valence-electron chi connectivity index (χ3n) is 5.52. The molecule has 2 fully saturated rings. The highest BCUT2D eigenvalue weighted by atomic mass is 15.2. The molecule has 0 aromatic heterocycles.